The van der Waals surface area contributed by atoms with Crippen molar-refractivity contribution in [3.63, 3.8) is 0 Å². The van der Waals surface area contributed by atoms with Crippen molar-refractivity contribution in [2.24, 2.45) is 0 Å². The topological polar surface area (TPSA) is 44.9 Å². The summed E-state index contributed by atoms with van der Waals surface area (Å²) in [5.41, 5.74) is 5.95. The van der Waals surface area contributed by atoms with Gasteiger partial charge in [-0.3, -0.25) is 4.68 Å². The van der Waals surface area contributed by atoms with E-state index in [0.717, 1.165) is 50.3 Å². The number of benzene rings is 3. The molecule has 0 radical (unpaired) electrons. The maximum absolute atomic E-state index is 6.43. The van der Waals surface area contributed by atoms with Crippen LogP contribution in [0.1, 0.15) is 37.7 Å². The zero-order valence-corrected chi connectivity index (χ0v) is 24.3. The van der Waals surface area contributed by atoms with Gasteiger partial charge in [0, 0.05) is 28.9 Å². The molecule has 0 saturated carbocycles. The number of rotatable bonds is 4. The first kappa shape index (κ1) is 25.9. The van der Waals surface area contributed by atoms with E-state index in [1.165, 1.54) is 0 Å². The maximum atomic E-state index is 6.43. The van der Waals surface area contributed by atoms with E-state index in [0.29, 0.717) is 11.5 Å². The number of aromatic nitrogens is 4. The van der Waals surface area contributed by atoms with Gasteiger partial charge in [-0.15, -0.1) is 41.3 Å². The largest absolute Gasteiger partial charge is 2.00 e. The third kappa shape index (κ3) is 4.67. The first-order valence-corrected chi connectivity index (χ1v) is 12.4. The van der Waals surface area contributed by atoms with E-state index in [-0.39, 0.29) is 26.5 Å². The molecule has 0 aliphatic heterocycles. The third-order valence-corrected chi connectivity index (χ3v) is 6.59. The number of ether oxygens (including phenoxy) is 1. The molecule has 192 valence electrons. The molecule has 0 amide bonds. The fourth-order valence-corrected chi connectivity index (χ4v) is 4.78. The second kappa shape index (κ2) is 9.88. The van der Waals surface area contributed by atoms with Gasteiger partial charge in [0.25, 0.3) is 0 Å². The molecule has 0 aliphatic rings. The number of hydrogen-bond donors (Lipinski definition) is 0. The van der Waals surface area contributed by atoms with E-state index >= 15 is 0 Å². The van der Waals surface area contributed by atoms with Crippen LogP contribution in [0.15, 0.2) is 79.0 Å². The standard InChI is InChI=1S/C32H28N4O.Pt/c1-21-16-22(2)36(34-21)24-17-23(32(3,4)5)18-26(19-24)37-25-13-14-28-27-10-6-7-11-29(27)35(30(28)20-25)31-12-8-9-15-33-31;/h6-18H,1-5H3;/q-2;+2. The van der Waals surface area contributed by atoms with Crippen molar-refractivity contribution in [2.75, 3.05) is 0 Å². The molecule has 0 saturated heterocycles. The molecule has 3 aromatic carbocycles. The predicted molar refractivity (Wildman–Crippen MR) is 148 cm³/mol. The van der Waals surface area contributed by atoms with Gasteiger partial charge in [0.1, 0.15) is 5.82 Å². The van der Waals surface area contributed by atoms with Crippen LogP contribution in [0.3, 0.4) is 0 Å². The van der Waals surface area contributed by atoms with E-state index in [9.17, 15) is 0 Å². The van der Waals surface area contributed by atoms with Crippen molar-refractivity contribution in [3.8, 4) is 23.0 Å². The van der Waals surface area contributed by atoms with Crippen LogP contribution in [0.4, 0.5) is 0 Å². The van der Waals surface area contributed by atoms with Gasteiger partial charge in [0.2, 0.25) is 0 Å². The Morgan fingerprint density at radius 1 is 0.816 bits per heavy atom. The summed E-state index contributed by atoms with van der Waals surface area (Å²) >= 11 is 0. The molecule has 0 aliphatic carbocycles. The Labute approximate surface area is 237 Å². The summed E-state index contributed by atoms with van der Waals surface area (Å²) in [5.74, 6) is 2.09. The van der Waals surface area contributed by atoms with Crippen molar-refractivity contribution in [1.29, 1.82) is 0 Å². The van der Waals surface area contributed by atoms with Crippen LogP contribution in [0.2, 0.25) is 0 Å². The molecule has 0 N–H and O–H groups in total. The van der Waals surface area contributed by atoms with Crippen molar-refractivity contribution < 1.29 is 25.8 Å². The van der Waals surface area contributed by atoms with Crippen LogP contribution in [0.5, 0.6) is 11.5 Å². The van der Waals surface area contributed by atoms with Crippen molar-refractivity contribution in [3.05, 3.63) is 108 Å². The maximum Gasteiger partial charge on any atom is 2.00 e. The van der Waals surface area contributed by atoms with Gasteiger partial charge in [-0.25, -0.2) is 4.98 Å². The molecule has 6 aromatic rings. The molecule has 0 unspecified atom stereocenters. The van der Waals surface area contributed by atoms with Gasteiger partial charge in [-0.05, 0) is 54.6 Å². The summed E-state index contributed by atoms with van der Waals surface area (Å²) in [6, 6.07) is 31.6. The Bertz CT molecular complexity index is 1760. The molecule has 6 rings (SSSR count). The second-order valence-electron chi connectivity index (χ2n) is 10.4. The normalized spacial score (nSPS) is 11.6. The minimum absolute atomic E-state index is 0. The molecule has 3 aromatic heterocycles. The van der Waals surface area contributed by atoms with E-state index in [2.05, 4.69) is 96.9 Å². The first-order valence-electron chi connectivity index (χ1n) is 12.4. The molecule has 6 heteroatoms. The molecule has 0 fully saturated rings. The number of hydrogen-bond acceptors (Lipinski definition) is 3. The van der Waals surface area contributed by atoms with E-state index in [1.54, 1.807) is 0 Å². The smallest absolute Gasteiger partial charge is 0.509 e. The quantitative estimate of drug-likeness (QED) is 0.180. The Kier molecular flexibility index (Phi) is 6.75. The van der Waals surface area contributed by atoms with Gasteiger partial charge in [-0.2, -0.15) is 11.2 Å². The van der Waals surface area contributed by atoms with Gasteiger partial charge in [-0.1, -0.05) is 50.6 Å². The summed E-state index contributed by atoms with van der Waals surface area (Å²) < 4.78 is 10.5. The van der Waals surface area contributed by atoms with Crippen molar-refractivity contribution in [2.45, 2.75) is 40.0 Å². The average Bonchev–Trinajstić information content (AvgIpc) is 3.39. The Hall–Kier alpha value is -3.69. The van der Waals surface area contributed by atoms with Crippen LogP contribution in [0, 0.1) is 26.0 Å². The molecular weight excluding hydrogens is 651 g/mol. The van der Waals surface area contributed by atoms with E-state index < -0.39 is 0 Å². The minimum Gasteiger partial charge on any atom is -0.509 e. The van der Waals surface area contributed by atoms with Gasteiger partial charge in [0.05, 0.1) is 5.69 Å². The molecule has 0 spiro atoms. The number of pyridine rings is 1. The van der Waals surface area contributed by atoms with Gasteiger partial charge in [0.15, 0.2) is 0 Å². The molecular formula is C32H28N4OPt. The summed E-state index contributed by atoms with van der Waals surface area (Å²) in [7, 11) is 0. The summed E-state index contributed by atoms with van der Waals surface area (Å²) in [5, 5.41) is 6.93. The Balaban J connectivity index is 0.00000294. The van der Waals surface area contributed by atoms with E-state index in [1.807, 2.05) is 48.1 Å². The Morgan fingerprint density at radius 3 is 2.32 bits per heavy atom. The number of fused-ring (bicyclic) bond motifs is 3. The minimum atomic E-state index is -0.0723. The fraction of sp³-hybridized carbons (Fsp3) is 0.188. The predicted octanol–water partition coefficient (Wildman–Crippen LogP) is 7.67. The monoisotopic (exact) mass is 679 g/mol. The molecule has 3 heterocycles. The van der Waals surface area contributed by atoms with Crippen LogP contribution in [-0.4, -0.2) is 19.3 Å². The summed E-state index contributed by atoms with van der Waals surface area (Å²) in [4.78, 5) is 4.62. The zero-order valence-electron chi connectivity index (χ0n) is 22.0. The number of nitrogens with zero attached hydrogens (tertiary/aromatic N) is 4. The van der Waals surface area contributed by atoms with Crippen LogP contribution in [0.25, 0.3) is 33.3 Å². The number of aryl methyl sites for hydroxylation is 2. The zero-order chi connectivity index (χ0) is 25.7. The van der Waals surface area contributed by atoms with Crippen LogP contribution >= 0.6 is 0 Å². The molecule has 0 atom stereocenters. The van der Waals surface area contributed by atoms with Crippen molar-refractivity contribution in [1.82, 2.24) is 19.3 Å². The fourth-order valence-electron chi connectivity index (χ4n) is 4.78. The van der Waals surface area contributed by atoms with Gasteiger partial charge >= 0.3 is 21.1 Å². The van der Waals surface area contributed by atoms with E-state index in [4.69, 9.17) is 4.74 Å². The van der Waals surface area contributed by atoms with Crippen LogP contribution in [-0.2, 0) is 26.5 Å². The van der Waals surface area contributed by atoms with Gasteiger partial charge < -0.3 is 9.30 Å². The Morgan fingerprint density at radius 2 is 1.61 bits per heavy atom. The average molecular weight is 680 g/mol. The van der Waals surface area contributed by atoms with Crippen LogP contribution < -0.4 is 4.74 Å². The molecule has 5 nitrogen and oxygen atoms in total. The third-order valence-electron chi connectivity index (χ3n) is 6.59. The second-order valence-corrected chi connectivity index (χ2v) is 10.4. The summed E-state index contributed by atoms with van der Waals surface area (Å²) in [6.45, 7) is 10.6. The summed E-state index contributed by atoms with van der Waals surface area (Å²) in [6.07, 6.45) is 1.81. The first-order chi connectivity index (χ1) is 17.8. The SMILES string of the molecule is Cc1cc(C)n(-c2[c-]c(Oc3[c-]c4c(cc3)c3ccccc3n4-c3ccccn3)cc(C(C)(C)C)c2)n1.[Pt+2]. The molecule has 0 bridgehead atoms. The number of para-hydroxylation sites is 1. The molecule has 38 heavy (non-hydrogen) atoms. The van der Waals surface area contributed by atoms with Crippen molar-refractivity contribution >= 4 is 21.8 Å².